The molecule has 0 radical (unpaired) electrons. The van der Waals surface area contributed by atoms with E-state index in [0.29, 0.717) is 0 Å². The zero-order chi connectivity index (χ0) is 13.4. The van der Waals surface area contributed by atoms with Crippen LogP contribution in [0.4, 0.5) is 0 Å². The molecule has 2 unspecified atom stereocenters. The second-order valence-corrected chi connectivity index (χ2v) is 6.21. The topological polar surface area (TPSA) is 0 Å². The Hall–Kier alpha value is -1.82. The van der Waals surface area contributed by atoms with Gasteiger partial charge in [0.1, 0.15) is 0 Å². The maximum absolute atomic E-state index is 2.57. The third-order valence-corrected chi connectivity index (χ3v) is 4.94. The molecular weight excluding hydrogens is 240 g/mol. The molecule has 2 aromatic carbocycles. The number of fused-ring (bicyclic) bond motifs is 2. The molecule has 0 nitrogen and oxygen atoms in total. The van der Waals surface area contributed by atoms with Gasteiger partial charge in [-0.1, -0.05) is 66.2 Å². The fourth-order valence-corrected chi connectivity index (χ4v) is 3.94. The molecule has 0 heterocycles. The summed E-state index contributed by atoms with van der Waals surface area (Å²) in [5.41, 5.74) is 5.92. The minimum absolute atomic E-state index is 0.879. The summed E-state index contributed by atoms with van der Waals surface area (Å²) in [6.07, 6.45) is 7.98. The van der Waals surface area contributed by atoms with Crippen LogP contribution in [0.15, 0.2) is 66.2 Å². The van der Waals surface area contributed by atoms with Crippen molar-refractivity contribution in [1.29, 1.82) is 0 Å². The molecule has 4 rings (SSSR count). The van der Waals surface area contributed by atoms with Crippen molar-refractivity contribution < 1.29 is 0 Å². The smallest absolute Gasteiger partial charge is 0.00581 e. The monoisotopic (exact) mass is 260 g/mol. The van der Waals surface area contributed by atoms with Gasteiger partial charge in [0, 0.05) is 0 Å². The summed E-state index contributed by atoms with van der Waals surface area (Å²) in [4.78, 5) is 0. The quantitative estimate of drug-likeness (QED) is 0.661. The molecule has 2 atom stereocenters. The normalized spacial score (nSPS) is 23.9. The molecule has 0 heteroatoms. The number of hydrogen-bond acceptors (Lipinski definition) is 0. The minimum Gasteiger partial charge on any atom is -0.0816 e. The molecule has 100 valence electrons. The van der Waals surface area contributed by atoms with Gasteiger partial charge in [0.2, 0.25) is 0 Å². The van der Waals surface area contributed by atoms with E-state index in [1.165, 1.54) is 36.0 Å². The van der Waals surface area contributed by atoms with Crippen LogP contribution in [0, 0.1) is 11.8 Å². The lowest BCUT2D eigenvalue weighted by Crippen LogP contribution is -2.02. The maximum Gasteiger partial charge on any atom is -0.00581 e. The van der Waals surface area contributed by atoms with Gasteiger partial charge in [0.05, 0.1) is 0 Å². The molecule has 2 aliphatic rings. The van der Waals surface area contributed by atoms with Crippen molar-refractivity contribution in [3.05, 3.63) is 71.8 Å². The Morgan fingerprint density at radius 2 is 1.65 bits per heavy atom. The molecule has 0 aromatic heterocycles. The fraction of sp³-hybridized carbons (Fsp3) is 0.300. The van der Waals surface area contributed by atoms with Crippen LogP contribution in [-0.2, 0) is 6.42 Å². The van der Waals surface area contributed by atoms with Crippen LogP contribution in [0.5, 0.6) is 0 Å². The average molecular weight is 260 g/mol. The van der Waals surface area contributed by atoms with Crippen LogP contribution in [0.1, 0.15) is 24.8 Å². The van der Waals surface area contributed by atoms with E-state index in [2.05, 4.69) is 60.7 Å². The van der Waals surface area contributed by atoms with E-state index < -0.39 is 0 Å². The van der Waals surface area contributed by atoms with E-state index in [0.717, 1.165) is 18.3 Å². The van der Waals surface area contributed by atoms with Crippen LogP contribution in [0.25, 0.3) is 11.1 Å². The largest absolute Gasteiger partial charge is 0.0816 e. The van der Waals surface area contributed by atoms with Crippen molar-refractivity contribution in [2.75, 3.05) is 0 Å². The molecule has 0 N–H and O–H groups in total. The molecule has 1 fully saturated rings. The summed E-state index contributed by atoms with van der Waals surface area (Å²) in [5, 5.41) is 0. The predicted molar refractivity (Wildman–Crippen MR) is 84.5 cm³/mol. The predicted octanol–water partition coefficient (Wildman–Crippen LogP) is 5.25. The van der Waals surface area contributed by atoms with Gasteiger partial charge in [-0.15, -0.1) is 0 Å². The molecule has 0 amide bonds. The number of benzene rings is 2. The molecular formula is C20H20. The highest BCUT2D eigenvalue weighted by Crippen LogP contribution is 2.45. The van der Waals surface area contributed by atoms with Gasteiger partial charge >= 0.3 is 0 Å². The molecule has 2 bridgehead atoms. The highest BCUT2D eigenvalue weighted by Gasteiger charge is 2.32. The van der Waals surface area contributed by atoms with E-state index >= 15 is 0 Å². The van der Waals surface area contributed by atoms with Crippen molar-refractivity contribution in [3.8, 4) is 11.1 Å². The van der Waals surface area contributed by atoms with E-state index in [1.54, 1.807) is 5.57 Å². The van der Waals surface area contributed by atoms with Crippen LogP contribution >= 0.6 is 0 Å². The van der Waals surface area contributed by atoms with Gasteiger partial charge in [-0.05, 0) is 54.2 Å². The first-order valence-corrected chi connectivity index (χ1v) is 7.74. The van der Waals surface area contributed by atoms with Gasteiger partial charge < -0.3 is 0 Å². The van der Waals surface area contributed by atoms with E-state index in [9.17, 15) is 0 Å². The number of rotatable bonds is 3. The summed E-state index contributed by atoms with van der Waals surface area (Å²) >= 11 is 0. The zero-order valence-electron chi connectivity index (χ0n) is 11.8. The Balaban J connectivity index is 1.67. The van der Waals surface area contributed by atoms with Gasteiger partial charge in [0.15, 0.2) is 0 Å². The standard InChI is InChI=1S/C20H20/c1-2-6-16(7-3-1)20-9-5-4-8-18(20)14-19-13-15-10-11-17(19)12-15/h1-9,13,15,17H,10-12,14H2. The Labute approximate surface area is 121 Å². The zero-order valence-corrected chi connectivity index (χ0v) is 11.8. The van der Waals surface area contributed by atoms with Gasteiger partial charge in [-0.25, -0.2) is 0 Å². The van der Waals surface area contributed by atoms with Crippen molar-refractivity contribution in [3.63, 3.8) is 0 Å². The van der Waals surface area contributed by atoms with Crippen molar-refractivity contribution >= 4 is 0 Å². The first-order chi connectivity index (χ1) is 9.90. The van der Waals surface area contributed by atoms with Crippen molar-refractivity contribution in [1.82, 2.24) is 0 Å². The Morgan fingerprint density at radius 1 is 0.850 bits per heavy atom. The van der Waals surface area contributed by atoms with Crippen LogP contribution in [0.3, 0.4) is 0 Å². The van der Waals surface area contributed by atoms with Crippen LogP contribution in [0.2, 0.25) is 0 Å². The molecule has 1 saturated carbocycles. The van der Waals surface area contributed by atoms with Crippen LogP contribution < -0.4 is 0 Å². The maximum atomic E-state index is 2.57. The first-order valence-electron chi connectivity index (χ1n) is 7.74. The highest BCUT2D eigenvalue weighted by atomic mass is 14.4. The Bertz CT molecular complexity index is 636. The van der Waals surface area contributed by atoms with E-state index in [1.807, 2.05) is 0 Å². The highest BCUT2D eigenvalue weighted by molar-refractivity contribution is 5.67. The van der Waals surface area contributed by atoms with Gasteiger partial charge in [-0.3, -0.25) is 0 Å². The Kier molecular flexibility index (Phi) is 2.95. The average Bonchev–Trinajstić information content (AvgIpc) is 3.11. The van der Waals surface area contributed by atoms with E-state index in [4.69, 9.17) is 0 Å². The second-order valence-electron chi connectivity index (χ2n) is 6.21. The second kappa shape index (κ2) is 4.94. The van der Waals surface area contributed by atoms with Crippen molar-refractivity contribution in [2.45, 2.75) is 25.7 Å². The lowest BCUT2D eigenvalue weighted by molar-refractivity contribution is 0.641. The summed E-state index contributed by atoms with van der Waals surface area (Å²) in [6.45, 7) is 0. The lowest BCUT2D eigenvalue weighted by atomic mass is 9.89. The molecule has 0 saturated heterocycles. The van der Waals surface area contributed by atoms with Gasteiger partial charge in [0.25, 0.3) is 0 Å². The molecule has 2 aliphatic carbocycles. The molecule has 0 aliphatic heterocycles. The summed E-state index contributed by atoms with van der Waals surface area (Å²) in [6, 6.07) is 19.7. The lowest BCUT2D eigenvalue weighted by Gasteiger charge is -2.16. The number of hydrogen-bond donors (Lipinski definition) is 0. The van der Waals surface area contributed by atoms with Gasteiger partial charge in [-0.2, -0.15) is 0 Å². The third kappa shape index (κ3) is 2.10. The fourth-order valence-electron chi connectivity index (χ4n) is 3.94. The van der Waals surface area contributed by atoms with Crippen LogP contribution in [-0.4, -0.2) is 0 Å². The number of allylic oxidation sites excluding steroid dienone is 2. The molecule has 2 aromatic rings. The summed E-state index contributed by atoms with van der Waals surface area (Å²) < 4.78 is 0. The first kappa shape index (κ1) is 12.0. The third-order valence-electron chi connectivity index (χ3n) is 4.94. The molecule has 0 spiro atoms. The molecule has 20 heavy (non-hydrogen) atoms. The summed E-state index contributed by atoms with van der Waals surface area (Å²) in [5.74, 6) is 1.77. The summed E-state index contributed by atoms with van der Waals surface area (Å²) in [7, 11) is 0. The Morgan fingerprint density at radius 3 is 2.40 bits per heavy atom. The minimum atomic E-state index is 0.879. The van der Waals surface area contributed by atoms with E-state index in [-0.39, 0.29) is 0 Å². The van der Waals surface area contributed by atoms with Crippen molar-refractivity contribution in [2.24, 2.45) is 11.8 Å². The SMILES string of the molecule is C1=C(Cc2ccccc2-c2ccccc2)C2CCC1C2.